The first-order valence-corrected chi connectivity index (χ1v) is 4.31. The van der Waals surface area contributed by atoms with Crippen molar-refractivity contribution in [3.05, 3.63) is 0 Å². The van der Waals surface area contributed by atoms with Crippen molar-refractivity contribution in [2.45, 2.75) is 34.1 Å². The molecular weight excluding hydrogens is 176 g/mol. The van der Waals surface area contributed by atoms with Gasteiger partial charge in [0.05, 0.1) is 0 Å². The number of alkyl halides is 2. The fourth-order valence-corrected chi connectivity index (χ4v) is 0.637. The summed E-state index contributed by atoms with van der Waals surface area (Å²) in [7, 11) is 0. The number of hydrogen-bond acceptors (Lipinski definition) is 1. The van der Waals surface area contributed by atoms with Gasteiger partial charge in [-0.3, -0.25) is 4.79 Å². The van der Waals surface area contributed by atoms with Crippen molar-refractivity contribution in [3.8, 4) is 0 Å². The van der Waals surface area contributed by atoms with Gasteiger partial charge in [-0.05, 0) is 11.3 Å². The Labute approximate surface area is 77.7 Å². The molecule has 0 heterocycles. The molecule has 13 heavy (non-hydrogen) atoms. The largest absolute Gasteiger partial charge is 0.351 e. The SMILES string of the molecule is CC(CNC(=O)C(F)F)C(C)(C)C. The summed E-state index contributed by atoms with van der Waals surface area (Å²) in [5.74, 6) is -1.01. The van der Waals surface area contributed by atoms with Gasteiger partial charge in [0.1, 0.15) is 0 Å². The molecule has 0 saturated heterocycles. The molecule has 1 atom stereocenters. The zero-order valence-corrected chi connectivity index (χ0v) is 8.53. The molecule has 0 rings (SSSR count). The fraction of sp³-hybridized carbons (Fsp3) is 0.889. The molecule has 1 N–H and O–H groups in total. The van der Waals surface area contributed by atoms with Crippen molar-refractivity contribution in [1.82, 2.24) is 5.32 Å². The topological polar surface area (TPSA) is 29.1 Å². The molecule has 0 aliphatic heterocycles. The van der Waals surface area contributed by atoms with Crippen molar-refractivity contribution in [3.63, 3.8) is 0 Å². The molecular formula is C9H17F2NO. The van der Waals surface area contributed by atoms with Crippen molar-refractivity contribution in [2.24, 2.45) is 11.3 Å². The molecule has 0 aromatic carbocycles. The van der Waals surface area contributed by atoms with Gasteiger partial charge in [-0.1, -0.05) is 27.7 Å². The van der Waals surface area contributed by atoms with E-state index < -0.39 is 12.3 Å². The summed E-state index contributed by atoms with van der Waals surface area (Å²) < 4.78 is 23.5. The van der Waals surface area contributed by atoms with Crippen molar-refractivity contribution < 1.29 is 13.6 Å². The van der Waals surface area contributed by atoms with Gasteiger partial charge in [0.25, 0.3) is 5.91 Å². The van der Waals surface area contributed by atoms with Crippen LogP contribution in [-0.2, 0) is 4.79 Å². The minimum Gasteiger partial charge on any atom is -0.351 e. The van der Waals surface area contributed by atoms with Gasteiger partial charge >= 0.3 is 6.43 Å². The number of amides is 1. The van der Waals surface area contributed by atoms with Crippen molar-refractivity contribution in [1.29, 1.82) is 0 Å². The third-order valence-corrected chi connectivity index (χ3v) is 2.26. The van der Waals surface area contributed by atoms with Crippen LogP contribution in [-0.4, -0.2) is 18.9 Å². The van der Waals surface area contributed by atoms with Gasteiger partial charge in [-0.2, -0.15) is 8.78 Å². The summed E-state index contributed by atoms with van der Waals surface area (Å²) >= 11 is 0. The molecule has 0 aromatic rings. The maximum Gasteiger partial charge on any atom is 0.315 e. The van der Waals surface area contributed by atoms with E-state index in [2.05, 4.69) is 5.32 Å². The number of halogens is 2. The molecule has 4 heteroatoms. The predicted molar refractivity (Wildman–Crippen MR) is 47.6 cm³/mol. The summed E-state index contributed by atoms with van der Waals surface area (Å²) in [6, 6.07) is 0. The molecule has 1 unspecified atom stereocenters. The van der Waals surface area contributed by atoms with E-state index in [-0.39, 0.29) is 11.3 Å². The van der Waals surface area contributed by atoms with E-state index in [1.807, 2.05) is 27.7 Å². The molecule has 0 radical (unpaired) electrons. The maximum atomic E-state index is 11.8. The van der Waals surface area contributed by atoms with Crippen LogP contribution in [0.2, 0.25) is 0 Å². The molecule has 0 fully saturated rings. The highest BCUT2D eigenvalue weighted by Crippen LogP contribution is 2.24. The zero-order chi connectivity index (χ0) is 10.6. The molecule has 0 spiro atoms. The van der Waals surface area contributed by atoms with E-state index in [9.17, 15) is 13.6 Å². The first-order chi connectivity index (χ1) is 5.75. The lowest BCUT2D eigenvalue weighted by molar-refractivity contribution is -0.132. The fourth-order valence-electron chi connectivity index (χ4n) is 0.637. The average molecular weight is 193 g/mol. The predicted octanol–water partition coefficient (Wildman–Crippen LogP) is 2.05. The Hall–Kier alpha value is -0.670. The second-order valence-corrected chi connectivity index (χ2v) is 4.31. The van der Waals surface area contributed by atoms with Gasteiger partial charge in [0, 0.05) is 6.54 Å². The Kier molecular flexibility index (Phi) is 4.30. The third kappa shape index (κ3) is 4.80. The normalized spacial score (nSPS) is 14.4. The van der Waals surface area contributed by atoms with E-state index in [0.29, 0.717) is 6.54 Å². The smallest absolute Gasteiger partial charge is 0.315 e. The van der Waals surface area contributed by atoms with Gasteiger partial charge in [-0.25, -0.2) is 0 Å². The second kappa shape index (κ2) is 4.53. The summed E-state index contributed by atoms with van der Waals surface area (Å²) in [6.07, 6.45) is -2.91. The molecule has 0 saturated carbocycles. The highest BCUT2D eigenvalue weighted by molar-refractivity contribution is 5.78. The summed E-state index contributed by atoms with van der Waals surface area (Å²) in [6.45, 7) is 8.24. The average Bonchev–Trinajstić information content (AvgIpc) is 1.97. The summed E-state index contributed by atoms with van der Waals surface area (Å²) in [5, 5.41) is 2.20. The van der Waals surface area contributed by atoms with Gasteiger partial charge in [0.15, 0.2) is 0 Å². The van der Waals surface area contributed by atoms with Crippen LogP contribution in [0.1, 0.15) is 27.7 Å². The quantitative estimate of drug-likeness (QED) is 0.730. The Balaban J connectivity index is 3.84. The number of carbonyl (C=O) groups is 1. The van der Waals surface area contributed by atoms with E-state index in [1.54, 1.807) is 0 Å². The first-order valence-electron chi connectivity index (χ1n) is 4.31. The lowest BCUT2D eigenvalue weighted by Gasteiger charge is -2.27. The minimum absolute atomic E-state index is 0.0232. The van der Waals surface area contributed by atoms with E-state index >= 15 is 0 Å². The first kappa shape index (κ1) is 12.3. The molecule has 0 aromatic heterocycles. The molecule has 1 amide bonds. The maximum absolute atomic E-state index is 11.8. The molecule has 0 aliphatic carbocycles. The number of nitrogens with one attached hydrogen (secondary N) is 1. The van der Waals surface area contributed by atoms with Crippen molar-refractivity contribution in [2.75, 3.05) is 6.54 Å². The van der Waals surface area contributed by atoms with Crippen LogP contribution in [0.4, 0.5) is 8.78 Å². The summed E-state index contributed by atoms with van der Waals surface area (Å²) in [5.41, 5.74) is 0.0232. The van der Waals surface area contributed by atoms with Crippen LogP contribution in [0.25, 0.3) is 0 Å². The highest BCUT2D eigenvalue weighted by Gasteiger charge is 2.22. The van der Waals surface area contributed by atoms with E-state index in [0.717, 1.165) is 0 Å². The van der Waals surface area contributed by atoms with Gasteiger partial charge in [-0.15, -0.1) is 0 Å². The van der Waals surface area contributed by atoms with E-state index in [4.69, 9.17) is 0 Å². The molecule has 0 bridgehead atoms. The van der Waals surface area contributed by atoms with Crippen LogP contribution in [0, 0.1) is 11.3 Å². The highest BCUT2D eigenvalue weighted by atomic mass is 19.3. The Morgan fingerprint density at radius 3 is 2.15 bits per heavy atom. The Morgan fingerprint density at radius 1 is 1.38 bits per heavy atom. The lowest BCUT2D eigenvalue weighted by atomic mass is 9.82. The Morgan fingerprint density at radius 2 is 1.85 bits per heavy atom. The number of hydrogen-bond donors (Lipinski definition) is 1. The zero-order valence-electron chi connectivity index (χ0n) is 8.53. The Bertz CT molecular complexity index is 175. The standard InChI is InChI=1S/C9H17F2NO/c1-6(9(2,3)4)5-12-8(13)7(10)11/h6-7H,5H2,1-4H3,(H,12,13). The van der Waals surface area contributed by atoms with Crippen LogP contribution in [0.15, 0.2) is 0 Å². The van der Waals surface area contributed by atoms with Crippen LogP contribution in [0.5, 0.6) is 0 Å². The number of rotatable bonds is 3. The monoisotopic (exact) mass is 193 g/mol. The van der Waals surface area contributed by atoms with Crippen LogP contribution < -0.4 is 5.32 Å². The molecule has 78 valence electrons. The van der Waals surface area contributed by atoms with Crippen molar-refractivity contribution >= 4 is 5.91 Å². The van der Waals surface area contributed by atoms with E-state index in [1.165, 1.54) is 0 Å². The molecule has 0 aliphatic rings. The summed E-state index contributed by atoms with van der Waals surface area (Å²) in [4.78, 5) is 10.5. The third-order valence-electron chi connectivity index (χ3n) is 2.26. The minimum atomic E-state index is -2.91. The second-order valence-electron chi connectivity index (χ2n) is 4.31. The molecule has 2 nitrogen and oxygen atoms in total. The van der Waals surface area contributed by atoms with Gasteiger partial charge < -0.3 is 5.32 Å². The van der Waals surface area contributed by atoms with Crippen LogP contribution in [0.3, 0.4) is 0 Å². The lowest BCUT2D eigenvalue weighted by Crippen LogP contribution is -2.36. The van der Waals surface area contributed by atoms with Crippen LogP contribution >= 0.6 is 0 Å². The number of carbonyl (C=O) groups excluding carboxylic acids is 1. The van der Waals surface area contributed by atoms with Gasteiger partial charge in [0.2, 0.25) is 0 Å².